The van der Waals surface area contributed by atoms with Crippen LogP contribution in [0.25, 0.3) is 0 Å². The van der Waals surface area contributed by atoms with Gasteiger partial charge in [-0.05, 0) is 53.5 Å². The summed E-state index contributed by atoms with van der Waals surface area (Å²) in [4.78, 5) is 0. The van der Waals surface area contributed by atoms with E-state index in [1.165, 1.54) is 6.07 Å². The minimum Gasteiger partial charge on any atom is -0.467 e. The van der Waals surface area contributed by atoms with Crippen LogP contribution in [0.15, 0.2) is 16.5 Å². The molecule has 1 aliphatic heterocycles. The van der Waals surface area contributed by atoms with Crippen molar-refractivity contribution in [2.75, 3.05) is 0 Å². The molecule has 0 spiro atoms. The maximum Gasteiger partial charge on any atom is 0.532 e. The van der Waals surface area contributed by atoms with E-state index in [1.807, 2.05) is 27.7 Å². The van der Waals surface area contributed by atoms with E-state index in [2.05, 4.69) is 0 Å². The normalized spacial score (nSPS) is 28.8. The molecule has 0 amide bonds. The maximum atomic E-state index is 10.4. The lowest BCUT2D eigenvalue weighted by atomic mass is 9.86. The van der Waals surface area contributed by atoms with E-state index in [-0.39, 0.29) is 5.66 Å². The van der Waals surface area contributed by atoms with E-state index in [4.69, 9.17) is 22.0 Å². The molecule has 100 valence electrons. The molecule has 1 fully saturated rings. The van der Waals surface area contributed by atoms with E-state index < -0.39 is 43.4 Å². The molecule has 0 bridgehead atoms. The first-order chi connectivity index (χ1) is 10.5. The summed E-state index contributed by atoms with van der Waals surface area (Å²) in [5.74, 6) is -0.577. The smallest absolute Gasteiger partial charge is 0.467 e. The van der Waals surface area contributed by atoms with E-state index in [9.17, 15) is 5.11 Å². The summed E-state index contributed by atoms with van der Waals surface area (Å²) in [6, 6.07) is 2.47. The zero-order chi connectivity index (χ0) is 18.8. The van der Waals surface area contributed by atoms with Gasteiger partial charge in [-0.15, -0.1) is 0 Å². The van der Waals surface area contributed by atoms with Crippen LogP contribution >= 0.6 is 0 Å². The molecule has 0 aromatic carbocycles. The van der Waals surface area contributed by atoms with Crippen LogP contribution in [-0.2, 0) is 14.9 Å². The molecule has 0 atom stereocenters. The zero-order valence-corrected chi connectivity index (χ0v) is 10.9. The van der Waals surface area contributed by atoms with Crippen molar-refractivity contribution in [3.05, 3.63) is 17.9 Å². The molecule has 0 saturated carbocycles. The van der Waals surface area contributed by atoms with Gasteiger partial charge < -0.3 is 18.8 Å². The Morgan fingerprint density at radius 1 is 1.17 bits per heavy atom. The second-order valence-electron chi connectivity index (χ2n) is 5.50. The van der Waals surface area contributed by atoms with Crippen molar-refractivity contribution >= 4 is 12.8 Å². The van der Waals surface area contributed by atoms with Crippen molar-refractivity contribution in [3.63, 3.8) is 0 Å². The van der Waals surface area contributed by atoms with Gasteiger partial charge in [0.2, 0.25) is 0 Å². The fraction of sp³-hybridized carbons (Fsp3) is 0.692. The lowest BCUT2D eigenvalue weighted by Crippen LogP contribution is -2.41. The Labute approximate surface area is 117 Å². The molecular weight excluding hydrogens is 231 g/mol. The summed E-state index contributed by atoms with van der Waals surface area (Å²) in [5, 5.41) is 10.4. The van der Waals surface area contributed by atoms with Crippen LogP contribution in [0.3, 0.4) is 0 Å². The Balaban J connectivity index is 2.41. The number of aliphatic hydroxyl groups is 1. The lowest BCUT2D eigenvalue weighted by Gasteiger charge is -2.32. The minimum atomic E-state index is -3.21. The third-order valence-electron chi connectivity index (χ3n) is 3.47. The molecule has 2 heterocycles. The van der Waals surface area contributed by atoms with E-state index in [0.717, 1.165) is 6.07 Å². The second-order valence-corrected chi connectivity index (χ2v) is 5.50. The van der Waals surface area contributed by atoms with Crippen molar-refractivity contribution in [2.45, 2.75) is 58.2 Å². The fourth-order valence-electron chi connectivity index (χ4n) is 1.63. The molecule has 5 heteroatoms. The van der Waals surface area contributed by atoms with Crippen LogP contribution in [0.1, 0.15) is 55.4 Å². The van der Waals surface area contributed by atoms with Crippen LogP contribution in [0.2, 0.25) is 0 Å². The van der Waals surface area contributed by atoms with E-state index >= 15 is 0 Å². The van der Waals surface area contributed by atoms with Crippen molar-refractivity contribution in [2.24, 2.45) is 0 Å². The summed E-state index contributed by atoms with van der Waals surface area (Å²) in [6.07, 6.45) is 0. The molecule has 4 nitrogen and oxygen atoms in total. The first-order valence-corrected chi connectivity index (χ1v) is 5.71. The average Bonchev–Trinajstić information content (AvgIpc) is 2.89. The molecular formula is C13H21BO4. The Morgan fingerprint density at radius 3 is 2.22 bits per heavy atom. The van der Waals surface area contributed by atoms with Crippen LogP contribution < -0.4 is 5.66 Å². The molecule has 0 radical (unpaired) electrons. The molecule has 18 heavy (non-hydrogen) atoms. The third kappa shape index (κ3) is 2.22. The second kappa shape index (κ2) is 3.86. The molecule has 0 aliphatic carbocycles. The highest BCUT2D eigenvalue weighted by atomic mass is 16.7. The summed E-state index contributed by atoms with van der Waals surface area (Å²) >= 11 is 0. The van der Waals surface area contributed by atoms with Gasteiger partial charge in [0.05, 0.1) is 11.2 Å². The Morgan fingerprint density at radius 2 is 1.72 bits per heavy atom. The highest BCUT2D eigenvalue weighted by Gasteiger charge is 2.53. The largest absolute Gasteiger partial charge is 0.532 e. The van der Waals surface area contributed by atoms with Gasteiger partial charge in [-0.25, -0.2) is 0 Å². The van der Waals surface area contributed by atoms with Crippen LogP contribution in [0.4, 0.5) is 0 Å². The topological polar surface area (TPSA) is 51.8 Å². The van der Waals surface area contributed by atoms with Gasteiger partial charge in [0.1, 0.15) is 17.0 Å². The first-order valence-electron chi connectivity index (χ1n) is 8.71. The lowest BCUT2D eigenvalue weighted by molar-refractivity contribution is 0.00578. The molecule has 1 saturated heterocycles. The SMILES string of the molecule is [2H]C([2H])([2H])C(O)(c1ccc(B2OC(C)(C)C(C)(C)O2)o1)C([2H])([2H])[2H]. The van der Waals surface area contributed by atoms with Gasteiger partial charge in [-0.3, -0.25) is 0 Å². The van der Waals surface area contributed by atoms with Crippen molar-refractivity contribution < 1.29 is 27.1 Å². The van der Waals surface area contributed by atoms with Gasteiger partial charge in [-0.2, -0.15) is 0 Å². The molecule has 1 N–H and O–H groups in total. The fourth-order valence-corrected chi connectivity index (χ4v) is 1.63. The highest BCUT2D eigenvalue weighted by molar-refractivity contribution is 6.60. The molecule has 0 unspecified atom stereocenters. The minimum absolute atomic E-state index is 0.0931. The van der Waals surface area contributed by atoms with Gasteiger partial charge in [-0.1, -0.05) is 0 Å². The molecule has 1 aliphatic rings. The van der Waals surface area contributed by atoms with Crippen molar-refractivity contribution in [1.29, 1.82) is 0 Å². The highest BCUT2D eigenvalue weighted by Crippen LogP contribution is 2.36. The maximum absolute atomic E-state index is 10.4. The monoisotopic (exact) mass is 258 g/mol. The third-order valence-corrected chi connectivity index (χ3v) is 3.47. The predicted molar refractivity (Wildman–Crippen MR) is 69.7 cm³/mol. The van der Waals surface area contributed by atoms with Gasteiger partial charge >= 0.3 is 7.12 Å². The first kappa shape index (κ1) is 7.73. The number of hydrogen-bond donors (Lipinski definition) is 1. The van der Waals surface area contributed by atoms with Crippen LogP contribution in [-0.4, -0.2) is 23.4 Å². The number of rotatable bonds is 2. The Hall–Kier alpha value is -0.775. The van der Waals surface area contributed by atoms with Gasteiger partial charge in [0.25, 0.3) is 0 Å². The summed E-state index contributed by atoms with van der Waals surface area (Å²) < 4.78 is 61.4. The Bertz CT molecular complexity index is 589. The zero-order valence-electron chi connectivity index (χ0n) is 16.9. The molecule has 2 rings (SSSR count). The molecule has 1 aromatic rings. The van der Waals surface area contributed by atoms with Gasteiger partial charge in [0.15, 0.2) is 0 Å². The molecule has 1 aromatic heterocycles. The quantitative estimate of drug-likeness (QED) is 0.822. The van der Waals surface area contributed by atoms with Gasteiger partial charge in [0, 0.05) is 8.22 Å². The van der Waals surface area contributed by atoms with Crippen LogP contribution in [0.5, 0.6) is 0 Å². The van der Waals surface area contributed by atoms with E-state index in [1.54, 1.807) is 0 Å². The van der Waals surface area contributed by atoms with Crippen LogP contribution in [0, 0.1) is 0 Å². The number of furan rings is 1. The summed E-state index contributed by atoms with van der Waals surface area (Å²) in [5.41, 5.74) is -4.32. The van der Waals surface area contributed by atoms with Crippen molar-refractivity contribution in [3.8, 4) is 0 Å². The Kier molecular flexibility index (Phi) is 1.66. The predicted octanol–water partition coefficient (Wildman–Crippen LogP) is 1.81. The summed E-state index contributed by atoms with van der Waals surface area (Å²) in [6.45, 7) is 0.916. The standard InChI is InChI=1S/C13H21BO4/c1-11(2,15)9-7-8-10(16-9)14-17-12(3,4)13(5,6)18-14/h7-8,15H,1-6H3/i1D3,2D3. The van der Waals surface area contributed by atoms with Crippen molar-refractivity contribution in [1.82, 2.24) is 0 Å². The number of hydrogen-bond acceptors (Lipinski definition) is 4. The van der Waals surface area contributed by atoms with E-state index in [0.29, 0.717) is 0 Å². The summed E-state index contributed by atoms with van der Waals surface area (Å²) in [7, 11) is -0.929. The average molecular weight is 258 g/mol.